The van der Waals surface area contributed by atoms with Crippen LogP contribution in [0.25, 0.3) is 11.5 Å². The maximum absolute atomic E-state index is 12.5. The second kappa shape index (κ2) is 7.23. The number of benzene rings is 2. The molecule has 1 aromatic heterocycles. The molecule has 0 atom stereocenters. The Kier molecular flexibility index (Phi) is 4.84. The molecule has 0 fully saturated rings. The van der Waals surface area contributed by atoms with Gasteiger partial charge >= 0.3 is 5.97 Å². The monoisotopic (exact) mass is 350 g/mol. The molecule has 3 rings (SSSR count). The second-order valence-electron chi connectivity index (χ2n) is 5.77. The molecular weight excluding hydrogens is 332 g/mol. The highest BCUT2D eigenvalue weighted by atomic mass is 16.5. The molecular formula is C20H18N2O4. The molecule has 0 spiro atoms. The number of nitrogens with one attached hydrogen (secondary N) is 1. The molecule has 6 heteroatoms. The molecule has 132 valence electrons. The van der Waals surface area contributed by atoms with Crippen molar-refractivity contribution in [2.24, 2.45) is 0 Å². The first kappa shape index (κ1) is 17.4. The summed E-state index contributed by atoms with van der Waals surface area (Å²) in [5.41, 5.74) is 2.88. The number of oxazole rings is 1. The van der Waals surface area contributed by atoms with Gasteiger partial charge in [-0.15, -0.1) is 0 Å². The van der Waals surface area contributed by atoms with E-state index in [1.807, 2.05) is 26.0 Å². The van der Waals surface area contributed by atoms with Gasteiger partial charge in [0.15, 0.2) is 0 Å². The number of carbonyl (C=O) groups excluding carboxylic acids is 2. The third kappa shape index (κ3) is 3.64. The Morgan fingerprint density at radius 1 is 1.04 bits per heavy atom. The van der Waals surface area contributed by atoms with Crippen LogP contribution in [0.1, 0.15) is 32.2 Å². The first-order valence-electron chi connectivity index (χ1n) is 8.02. The van der Waals surface area contributed by atoms with Crippen molar-refractivity contribution in [3.8, 4) is 11.5 Å². The highest BCUT2D eigenvalue weighted by Gasteiger charge is 2.12. The summed E-state index contributed by atoms with van der Waals surface area (Å²) in [7, 11) is 1.30. The number of rotatable bonds is 4. The van der Waals surface area contributed by atoms with Crippen LogP contribution in [0, 0.1) is 13.8 Å². The average molecular weight is 350 g/mol. The largest absolute Gasteiger partial charge is 0.465 e. The maximum Gasteiger partial charge on any atom is 0.337 e. The van der Waals surface area contributed by atoms with Gasteiger partial charge in [-0.3, -0.25) is 4.79 Å². The van der Waals surface area contributed by atoms with E-state index >= 15 is 0 Å². The van der Waals surface area contributed by atoms with Crippen LogP contribution in [0.2, 0.25) is 0 Å². The minimum absolute atomic E-state index is 0.319. The number of hydrogen-bond donors (Lipinski definition) is 1. The van der Waals surface area contributed by atoms with E-state index in [0.29, 0.717) is 22.7 Å². The maximum atomic E-state index is 12.5. The molecule has 3 aromatic rings. The summed E-state index contributed by atoms with van der Waals surface area (Å²) in [5.74, 6) is 0.446. The second-order valence-corrected chi connectivity index (χ2v) is 5.77. The molecule has 2 aromatic carbocycles. The smallest absolute Gasteiger partial charge is 0.337 e. The van der Waals surface area contributed by atoms with Crippen molar-refractivity contribution in [2.75, 3.05) is 12.4 Å². The van der Waals surface area contributed by atoms with Crippen LogP contribution in [0.4, 0.5) is 5.69 Å². The van der Waals surface area contributed by atoms with E-state index in [9.17, 15) is 9.59 Å². The number of anilines is 1. The molecule has 0 radical (unpaired) electrons. The number of hydrogen-bond acceptors (Lipinski definition) is 5. The van der Waals surface area contributed by atoms with E-state index < -0.39 is 5.97 Å². The van der Waals surface area contributed by atoms with Gasteiger partial charge in [-0.1, -0.05) is 12.1 Å². The molecule has 0 aliphatic rings. The Hall–Kier alpha value is -3.41. The molecule has 0 saturated heterocycles. The van der Waals surface area contributed by atoms with Crippen LogP contribution >= 0.6 is 0 Å². The Balaban J connectivity index is 1.82. The fourth-order valence-electron chi connectivity index (χ4n) is 2.43. The fourth-order valence-corrected chi connectivity index (χ4v) is 2.43. The molecule has 1 amide bonds. The van der Waals surface area contributed by atoms with Crippen molar-refractivity contribution in [1.29, 1.82) is 0 Å². The lowest BCUT2D eigenvalue weighted by Crippen LogP contribution is -2.13. The van der Waals surface area contributed by atoms with E-state index in [4.69, 9.17) is 4.42 Å². The highest BCUT2D eigenvalue weighted by Crippen LogP contribution is 2.24. The van der Waals surface area contributed by atoms with Crippen LogP contribution in [0.15, 0.2) is 52.9 Å². The molecule has 26 heavy (non-hydrogen) atoms. The SMILES string of the molecule is COC(=O)c1cccc(C(=O)Nc2cccc(-c3nc(C)c(C)o3)c2)c1. The van der Waals surface area contributed by atoms with Crippen LogP contribution in [0.3, 0.4) is 0 Å². The number of amides is 1. The summed E-state index contributed by atoms with van der Waals surface area (Å²) < 4.78 is 10.3. The van der Waals surface area contributed by atoms with E-state index in [0.717, 1.165) is 17.0 Å². The fraction of sp³-hybridized carbons (Fsp3) is 0.150. The number of nitrogens with zero attached hydrogens (tertiary/aromatic N) is 1. The van der Waals surface area contributed by atoms with Gasteiger partial charge < -0.3 is 14.5 Å². The van der Waals surface area contributed by atoms with Gasteiger partial charge in [-0.2, -0.15) is 0 Å². The first-order valence-corrected chi connectivity index (χ1v) is 8.02. The van der Waals surface area contributed by atoms with Crippen molar-refractivity contribution >= 4 is 17.6 Å². The molecule has 1 N–H and O–H groups in total. The van der Waals surface area contributed by atoms with Gasteiger partial charge in [0.25, 0.3) is 5.91 Å². The van der Waals surface area contributed by atoms with E-state index in [1.54, 1.807) is 30.3 Å². The van der Waals surface area contributed by atoms with Gasteiger partial charge in [0.1, 0.15) is 5.76 Å². The predicted octanol–water partition coefficient (Wildman–Crippen LogP) is 4.00. The van der Waals surface area contributed by atoms with Crippen molar-refractivity contribution in [1.82, 2.24) is 4.98 Å². The molecule has 0 unspecified atom stereocenters. The summed E-state index contributed by atoms with van der Waals surface area (Å²) >= 11 is 0. The van der Waals surface area contributed by atoms with E-state index in [-0.39, 0.29) is 5.91 Å². The standard InChI is InChI=1S/C20H18N2O4/c1-12-13(2)26-19(21-12)15-7-5-9-17(11-15)22-18(23)14-6-4-8-16(10-14)20(24)25-3/h4-11H,1-3H3,(H,22,23). The first-order chi connectivity index (χ1) is 12.5. The summed E-state index contributed by atoms with van der Waals surface area (Å²) in [4.78, 5) is 28.5. The Morgan fingerprint density at radius 3 is 2.46 bits per heavy atom. The Bertz CT molecular complexity index is 956. The van der Waals surface area contributed by atoms with Gasteiger partial charge in [-0.25, -0.2) is 9.78 Å². The molecule has 6 nitrogen and oxygen atoms in total. The zero-order chi connectivity index (χ0) is 18.7. The van der Waals surface area contributed by atoms with Crippen molar-refractivity contribution in [3.63, 3.8) is 0 Å². The summed E-state index contributed by atoms with van der Waals surface area (Å²) in [6.45, 7) is 3.73. The molecule has 0 aliphatic heterocycles. The van der Waals surface area contributed by atoms with Crippen LogP contribution in [-0.4, -0.2) is 24.0 Å². The molecule has 0 bridgehead atoms. The van der Waals surface area contributed by atoms with Crippen LogP contribution in [-0.2, 0) is 4.74 Å². The summed E-state index contributed by atoms with van der Waals surface area (Å²) in [6.07, 6.45) is 0. The molecule has 0 aliphatic carbocycles. The van der Waals surface area contributed by atoms with Gasteiger partial charge in [0.2, 0.25) is 5.89 Å². The quantitative estimate of drug-likeness (QED) is 0.719. The number of aryl methyl sites for hydroxylation is 2. The van der Waals surface area contributed by atoms with Crippen LogP contribution in [0.5, 0.6) is 0 Å². The number of aromatic nitrogens is 1. The lowest BCUT2D eigenvalue weighted by Gasteiger charge is -2.07. The van der Waals surface area contributed by atoms with Crippen molar-refractivity contribution in [3.05, 3.63) is 71.1 Å². The minimum atomic E-state index is -0.490. The third-order valence-electron chi connectivity index (χ3n) is 3.94. The van der Waals surface area contributed by atoms with Gasteiger partial charge in [0, 0.05) is 16.8 Å². The van der Waals surface area contributed by atoms with Gasteiger partial charge in [-0.05, 0) is 50.2 Å². The van der Waals surface area contributed by atoms with E-state index in [1.165, 1.54) is 13.2 Å². The van der Waals surface area contributed by atoms with E-state index in [2.05, 4.69) is 15.0 Å². The minimum Gasteiger partial charge on any atom is -0.465 e. The molecule has 0 saturated carbocycles. The zero-order valence-electron chi connectivity index (χ0n) is 14.7. The Morgan fingerprint density at radius 2 is 1.77 bits per heavy atom. The van der Waals surface area contributed by atoms with Crippen LogP contribution < -0.4 is 5.32 Å². The number of esters is 1. The average Bonchev–Trinajstić information content (AvgIpc) is 3.00. The summed E-state index contributed by atoms with van der Waals surface area (Å²) in [5, 5.41) is 2.81. The zero-order valence-corrected chi connectivity index (χ0v) is 14.7. The Labute approximate surface area is 150 Å². The lowest BCUT2D eigenvalue weighted by molar-refractivity contribution is 0.0600. The summed E-state index contributed by atoms with van der Waals surface area (Å²) in [6, 6.07) is 13.6. The van der Waals surface area contributed by atoms with Gasteiger partial charge in [0.05, 0.1) is 18.4 Å². The van der Waals surface area contributed by atoms with Crippen molar-refractivity contribution in [2.45, 2.75) is 13.8 Å². The lowest BCUT2D eigenvalue weighted by atomic mass is 10.1. The predicted molar refractivity (Wildman–Crippen MR) is 97.1 cm³/mol. The number of ether oxygens (including phenoxy) is 1. The normalized spacial score (nSPS) is 10.4. The molecule has 1 heterocycles. The number of carbonyl (C=O) groups is 2. The topological polar surface area (TPSA) is 81.4 Å². The highest BCUT2D eigenvalue weighted by molar-refractivity contribution is 6.05. The third-order valence-corrected chi connectivity index (χ3v) is 3.94. The number of methoxy groups -OCH3 is 1. The van der Waals surface area contributed by atoms with Crippen molar-refractivity contribution < 1.29 is 18.7 Å².